The van der Waals surface area contributed by atoms with Crippen molar-refractivity contribution in [1.82, 2.24) is 24.6 Å². The summed E-state index contributed by atoms with van der Waals surface area (Å²) in [6, 6.07) is 8.34. The van der Waals surface area contributed by atoms with Crippen LogP contribution in [0.1, 0.15) is 24.2 Å². The van der Waals surface area contributed by atoms with E-state index < -0.39 is 0 Å². The van der Waals surface area contributed by atoms with E-state index in [0.717, 1.165) is 59.5 Å². The van der Waals surface area contributed by atoms with Gasteiger partial charge in [0.25, 0.3) is 0 Å². The van der Waals surface area contributed by atoms with Crippen molar-refractivity contribution >= 4 is 16.6 Å². The summed E-state index contributed by atoms with van der Waals surface area (Å²) in [4.78, 5) is 21.4. The van der Waals surface area contributed by atoms with Crippen LogP contribution in [0, 0.1) is 0 Å². The first-order valence-corrected chi connectivity index (χ1v) is 11.2. The highest BCUT2D eigenvalue weighted by Crippen LogP contribution is 2.29. The zero-order valence-corrected chi connectivity index (χ0v) is 17.8. The molecule has 2 aromatic heterocycles. The average molecular weight is 422 g/mol. The lowest BCUT2D eigenvalue weighted by Crippen LogP contribution is -2.35. The lowest BCUT2D eigenvalue weighted by atomic mass is 10.0. The van der Waals surface area contributed by atoms with Gasteiger partial charge in [0.15, 0.2) is 5.78 Å². The fourth-order valence-electron chi connectivity index (χ4n) is 4.75. The zero-order valence-electron chi connectivity index (χ0n) is 17.8. The van der Waals surface area contributed by atoms with Crippen LogP contribution in [-0.2, 0) is 24.3 Å². The van der Waals surface area contributed by atoms with E-state index in [4.69, 9.17) is 0 Å². The highest BCUT2D eigenvalue weighted by Gasteiger charge is 2.21. The lowest BCUT2D eigenvalue weighted by Gasteiger charge is -2.27. The maximum atomic E-state index is 12.8. The Morgan fingerprint density at radius 3 is 2.71 bits per heavy atom. The second kappa shape index (κ2) is 8.85. The Bertz CT molecular complexity index is 1090. The number of halogens is 1. The van der Waals surface area contributed by atoms with E-state index >= 15 is 0 Å². The van der Waals surface area contributed by atoms with E-state index in [0.29, 0.717) is 26.1 Å². The number of carbonyl (C=O) groups excluding carboxylic acids is 1. The SMILES string of the molecule is O=C(Cc1cc2cc(-c3cnn4c3CN(CCF)CC4)ccc2cn1)CN1CCCC1. The van der Waals surface area contributed by atoms with Gasteiger partial charge in [-0.3, -0.25) is 24.3 Å². The molecule has 0 saturated carbocycles. The second-order valence-electron chi connectivity index (χ2n) is 8.63. The van der Waals surface area contributed by atoms with Crippen LogP contribution >= 0.6 is 0 Å². The van der Waals surface area contributed by atoms with Crippen LogP contribution in [0.25, 0.3) is 21.9 Å². The van der Waals surface area contributed by atoms with Crippen molar-refractivity contribution in [3.05, 3.63) is 48.0 Å². The van der Waals surface area contributed by atoms with Crippen LogP contribution in [0.3, 0.4) is 0 Å². The van der Waals surface area contributed by atoms with Crippen molar-refractivity contribution in [1.29, 1.82) is 0 Å². The molecule has 0 spiro atoms. The molecule has 4 heterocycles. The summed E-state index contributed by atoms with van der Waals surface area (Å²) < 4.78 is 14.9. The Morgan fingerprint density at radius 1 is 1.00 bits per heavy atom. The highest BCUT2D eigenvalue weighted by molar-refractivity contribution is 5.89. The van der Waals surface area contributed by atoms with Gasteiger partial charge in [-0.1, -0.05) is 12.1 Å². The van der Waals surface area contributed by atoms with Crippen LogP contribution in [0.4, 0.5) is 4.39 Å². The smallest absolute Gasteiger partial charge is 0.152 e. The van der Waals surface area contributed by atoms with Crippen molar-refractivity contribution in [2.75, 3.05) is 39.4 Å². The standard InChI is InChI=1S/C24H28FN5O/c25-5-8-29-9-10-30-24(17-29)23(15-27-30)18-3-4-19-14-26-21(12-20(19)11-18)13-22(31)16-28-6-1-2-7-28/h3-4,11-12,14-15H,1-2,5-10,13,16-17H2. The predicted molar refractivity (Wildman–Crippen MR) is 119 cm³/mol. The summed E-state index contributed by atoms with van der Waals surface area (Å²) in [5.41, 5.74) is 4.14. The third-order valence-electron chi connectivity index (χ3n) is 6.42. The van der Waals surface area contributed by atoms with E-state index in [-0.39, 0.29) is 12.5 Å². The summed E-state index contributed by atoms with van der Waals surface area (Å²) in [5.74, 6) is 0.226. The summed E-state index contributed by atoms with van der Waals surface area (Å²) in [6.07, 6.45) is 6.52. The molecule has 162 valence electrons. The van der Waals surface area contributed by atoms with Gasteiger partial charge < -0.3 is 0 Å². The fourth-order valence-corrected chi connectivity index (χ4v) is 4.75. The molecule has 0 amide bonds. The number of Topliss-reactive ketones (excluding diaryl/α,β-unsaturated/α-hetero) is 1. The number of benzene rings is 1. The van der Waals surface area contributed by atoms with Gasteiger partial charge >= 0.3 is 0 Å². The minimum absolute atomic E-state index is 0.226. The predicted octanol–water partition coefficient (Wildman–Crippen LogP) is 3.09. The molecule has 0 aliphatic carbocycles. The van der Waals surface area contributed by atoms with Crippen LogP contribution in [-0.4, -0.2) is 69.7 Å². The number of hydrogen-bond donors (Lipinski definition) is 0. The van der Waals surface area contributed by atoms with Gasteiger partial charge in [0.1, 0.15) is 6.67 Å². The Morgan fingerprint density at radius 2 is 1.87 bits per heavy atom. The fraction of sp³-hybridized carbons (Fsp3) is 0.458. The molecule has 7 heteroatoms. The minimum atomic E-state index is -0.328. The first kappa shape index (κ1) is 20.3. The molecule has 1 fully saturated rings. The Labute approximate surface area is 181 Å². The number of hydrogen-bond acceptors (Lipinski definition) is 5. The molecule has 1 aromatic carbocycles. The summed E-state index contributed by atoms with van der Waals surface area (Å²) in [6.45, 7) is 5.04. The molecule has 0 unspecified atom stereocenters. The van der Waals surface area contributed by atoms with E-state index in [1.165, 1.54) is 12.8 Å². The highest BCUT2D eigenvalue weighted by atomic mass is 19.1. The number of ketones is 1. The monoisotopic (exact) mass is 421 g/mol. The molecular weight excluding hydrogens is 393 g/mol. The molecule has 6 nitrogen and oxygen atoms in total. The first-order chi connectivity index (χ1) is 15.2. The van der Waals surface area contributed by atoms with Gasteiger partial charge in [-0.15, -0.1) is 0 Å². The van der Waals surface area contributed by atoms with Crippen molar-refractivity contribution in [2.45, 2.75) is 32.4 Å². The molecule has 0 atom stereocenters. The average Bonchev–Trinajstić information content (AvgIpc) is 3.43. The summed E-state index contributed by atoms with van der Waals surface area (Å²) in [7, 11) is 0. The number of aromatic nitrogens is 3. The van der Waals surface area contributed by atoms with E-state index in [2.05, 4.69) is 38.1 Å². The van der Waals surface area contributed by atoms with Crippen molar-refractivity contribution in [3.63, 3.8) is 0 Å². The molecule has 2 aliphatic heterocycles. The summed E-state index contributed by atoms with van der Waals surface area (Å²) in [5, 5.41) is 6.68. The van der Waals surface area contributed by atoms with E-state index in [1.54, 1.807) is 0 Å². The number of rotatable bonds is 7. The zero-order chi connectivity index (χ0) is 21.2. The largest absolute Gasteiger partial charge is 0.298 e. The van der Waals surface area contributed by atoms with Gasteiger partial charge in [0, 0.05) is 42.5 Å². The number of fused-ring (bicyclic) bond motifs is 2. The second-order valence-corrected chi connectivity index (χ2v) is 8.63. The van der Waals surface area contributed by atoms with Crippen molar-refractivity contribution in [2.24, 2.45) is 0 Å². The number of likely N-dealkylation sites (tertiary alicyclic amines) is 1. The molecule has 0 bridgehead atoms. The van der Waals surface area contributed by atoms with E-state index in [9.17, 15) is 9.18 Å². The van der Waals surface area contributed by atoms with Gasteiger partial charge in [-0.05, 0) is 49.0 Å². The molecule has 0 N–H and O–H groups in total. The number of nitrogens with zero attached hydrogens (tertiary/aromatic N) is 5. The lowest BCUT2D eigenvalue weighted by molar-refractivity contribution is -0.119. The van der Waals surface area contributed by atoms with Gasteiger partial charge in [0.2, 0.25) is 0 Å². The van der Waals surface area contributed by atoms with Gasteiger partial charge in [-0.25, -0.2) is 4.39 Å². The van der Waals surface area contributed by atoms with Crippen LogP contribution in [0.5, 0.6) is 0 Å². The van der Waals surface area contributed by atoms with Crippen LogP contribution in [0.15, 0.2) is 36.7 Å². The Balaban J connectivity index is 1.37. The third-order valence-corrected chi connectivity index (χ3v) is 6.42. The topological polar surface area (TPSA) is 54.3 Å². The minimum Gasteiger partial charge on any atom is -0.298 e. The van der Waals surface area contributed by atoms with Gasteiger partial charge in [0.05, 0.1) is 31.4 Å². The molecule has 1 saturated heterocycles. The number of pyridine rings is 1. The summed E-state index contributed by atoms with van der Waals surface area (Å²) >= 11 is 0. The molecule has 3 aromatic rings. The maximum absolute atomic E-state index is 12.8. The molecular formula is C24H28FN5O. The Hall–Kier alpha value is -2.64. The quantitative estimate of drug-likeness (QED) is 0.587. The number of alkyl halides is 1. The van der Waals surface area contributed by atoms with E-state index in [1.807, 2.05) is 23.1 Å². The molecule has 2 aliphatic rings. The maximum Gasteiger partial charge on any atom is 0.152 e. The molecule has 5 rings (SSSR count). The number of carbonyl (C=O) groups is 1. The first-order valence-electron chi connectivity index (χ1n) is 11.2. The van der Waals surface area contributed by atoms with Crippen LogP contribution in [0.2, 0.25) is 0 Å². The van der Waals surface area contributed by atoms with Crippen LogP contribution < -0.4 is 0 Å². The Kier molecular flexibility index (Phi) is 5.78. The normalized spacial score (nSPS) is 17.3. The van der Waals surface area contributed by atoms with Gasteiger partial charge in [-0.2, -0.15) is 5.10 Å². The van der Waals surface area contributed by atoms with Crippen molar-refractivity contribution in [3.8, 4) is 11.1 Å². The molecule has 31 heavy (non-hydrogen) atoms. The van der Waals surface area contributed by atoms with Crippen molar-refractivity contribution < 1.29 is 9.18 Å². The third kappa shape index (κ3) is 4.38. The molecule has 0 radical (unpaired) electrons.